The molecule has 2 aromatic heterocycles. The van der Waals surface area contributed by atoms with Crippen LogP contribution in [0.3, 0.4) is 0 Å². The number of rotatable bonds is 2. The van der Waals surface area contributed by atoms with E-state index in [4.69, 9.17) is 0 Å². The van der Waals surface area contributed by atoms with E-state index >= 15 is 0 Å². The summed E-state index contributed by atoms with van der Waals surface area (Å²) in [5.41, 5.74) is -0.434. The van der Waals surface area contributed by atoms with Gasteiger partial charge in [0.15, 0.2) is 11.6 Å². The maximum Gasteiger partial charge on any atom is 0.294 e. The van der Waals surface area contributed by atoms with Crippen molar-refractivity contribution in [3.8, 4) is 0 Å². The molecule has 0 aliphatic carbocycles. The molecule has 6 heteroatoms. The molecule has 2 rings (SSSR count). The molecule has 96 valence electrons. The van der Waals surface area contributed by atoms with Crippen molar-refractivity contribution in [3.05, 3.63) is 35.0 Å². The van der Waals surface area contributed by atoms with E-state index < -0.39 is 0 Å². The molecule has 18 heavy (non-hydrogen) atoms. The molecule has 0 spiro atoms. The van der Waals surface area contributed by atoms with E-state index in [1.807, 2.05) is 27.8 Å². The van der Waals surface area contributed by atoms with Crippen molar-refractivity contribution in [2.45, 2.75) is 26.3 Å². The lowest BCUT2D eigenvalue weighted by Gasteiger charge is -2.22. The fraction of sp³-hybridized carbons (Fsp3) is 0.417. The molecule has 0 saturated carbocycles. The second-order valence-corrected chi connectivity index (χ2v) is 5.12. The molecule has 0 fully saturated rings. The van der Waals surface area contributed by atoms with Crippen LogP contribution in [0, 0.1) is 0 Å². The largest absolute Gasteiger partial charge is 0.319 e. The number of hydrogen-bond donors (Lipinski definition) is 1. The van der Waals surface area contributed by atoms with Crippen LogP contribution < -0.4 is 10.9 Å². The quantitative estimate of drug-likeness (QED) is 0.873. The third-order valence-electron chi connectivity index (χ3n) is 2.52. The van der Waals surface area contributed by atoms with Gasteiger partial charge < -0.3 is 9.88 Å². The molecule has 0 atom stereocenters. The number of aryl methyl sites for hydroxylation is 1. The summed E-state index contributed by atoms with van der Waals surface area (Å²) in [6.07, 6.45) is 5.09. The topological polar surface area (TPSA) is 64.7 Å². The average Bonchev–Trinajstić information content (AvgIpc) is 2.65. The van der Waals surface area contributed by atoms with Gasteiger partial charge in [-0.05, 0) is 20.8 Å². The SMILES string of the molecule is Cn1ccc(Nc2nccn(C(C)(C)C)c2=O)n1. The van der Waals surface area contributed by atoms with E-state index in [0.29, 0.717) is 5.82 Å². The molecule has 0 aliphatic heterocycles. The Kier molecular flexibility index (Phi) is 2.94. The molecule has 2 aromatic rings. The van der Waals surface area contributed by atoms with Crippen molar-refractivity contribution in [1.82, 2.24) is 19.3 Å². The molecule has 0 saturated heterocycles. The molecule has 0 radical (unpaired) electrons. The Morgan fingerprint density at radius 2 is 2.00 bits per heavy atom. The van der Waals surface area contributed by atoms with Gasteiger partial charge >= 0.3 is 0 Å². The van der Waals surface area contributed by atoms with Gasteiger partial charge in [0.05, 0.1) is 0 Å². The van der Waals surface area contributed by atoms with E-state index in [0.717, 1.165) is 0 Å². The van der Waals surface area contributed by atoms with Gasteiger partial charge in [-0.3, -0.25) is 9.48 Å². The van der Waals surface area contributed by atoms with Crippen LogP contribution in [-0.2, 0) is 12.6 Å². The predicted molar refractivity (Wildman–Crippen MR) is 70.0 cm³/mol. The molecule has 0 unspecified atom stereocenters. The second kappa shape index (κ2) is 4.29. The Hall–Kier alpha value is -2.11. The van der Waals surface area contributed by atoms with Crippen LogP contribution >= 0.6 is 0 Å². The van der Waals surface area contributed by atoms with Crippen LogP contribution in [0.1, 0.15) is 20.8 Å². The maximum absolute atomic E-state index is 12.2. The first-order chi connectivity index (χ1) is 8.38. The Morgan fingerprint density at radius 3 is 2.56 bits per heavy atom. The number of aromatic nitrogens is 4. The van der Waals surface area contributed by atoms with Gasteiger partial charge in [-0.25, -0.2) is 4.98 Å². The van der Waals surface area contributed by atoms with Crippen LogP contribution in [0.2, 0.25) is 0 Å². The summed E-state index contributed by atoms with van der Waals surface area (Å²) in [6.45, 7) is 5.91. The van der Waals surface area contributed by atoms with E-state index in [1.54, 1.807) is 33.9 Å². The Bertz CT molecular complexity index is 605. The zero-order chi connectivity index (χ0) is 13.3. The number of nitrogens with zero attached hydrogens (tertiary/aromatic N) is 4. The highest BCUT2D eigenvalue weighted by molar-refractivity contribution is 5.49. The summed E-state index contributed by atoms with van der Waals surface area (Å²) >= 11 is 0. The summed E-state index contributed by atoms with van der Waals surface area (Å²) in [7, 11) is 1.82. The number of anilines is 2. The van der Waals surface area contributed by atoms with Crippen molar-refractivity contribution in [2.24, 2.45) is 7.05 Å². The van der Waals surface area contributed by atoms with Crippen molar-refractivity contribution in [3.63, 3.8) is 0 Å². The third-order valence-corrected chi connectivity index (χ3v) is 2.52. The molecule has 0 aliphatic rings. The monoisotopic (exact) mass is 247 g/mol. The summed E-state index contributed by atoms with van der Waals surface area (Å²) in [4.78, 5) is 16.3. The summed E-state index contributed by atoms with van der Waals surface area (Å²) in [5.74, 6) is 0.889. The minimum absolute atomic E-state index is 0.157. The first-order valence-electron chi connectivity index (χ1n) is 5.73. The Labute approximate surface area is 105 Å². The minimum atomic E-state index is -0.277. The van der Waals surface area contributed by atoms with Crippen molar-refractivity contribution < 1.29 is 0 Å². The van der Waals surface area contributed by atoms with Crippen LogP contribution in [-0.4, -0.2) is 19.3 Å². The average molecular weight is 247 g/mol. The maximum atomic E-state index is 12.2. The Morgan fingerprint density at radius 1 is 1.28 bits per heavy atom. The number of nitrogens with one attached hydrogen (secondary N) is 1. The highest BCUT2D eigenvalue weighted by Gasteiger charge is 2.16. The molecule has 1 N–H and O–H groups in total. The first kappa shape index (κ1) is 12.3. The molecular formula is C12H17N5O. The lowest BCUT2D eigenvalue weighted by molar-refractivity contribution is 0.383. The van der Waals surface area contributed by atoms with Gasteiger partial charge in [0.25, 0.3) is 5.56 Å². The van der Waals surface area contributed by atoms with E-state index in [-0.39, 0.29) is 16.9 Å². The van der Waals surface area contributed by atoms with E-state index in [1.165, 1.54) is 0 Å². The van der Waals surface area contributed by atoms with Gasteiger partial charge in [-0.15, -0.1) is 0 Å². The van der Waals surface area contributed by atoms with Gasteiger partial charge in [-0.1, -0.05) is 0 Å². The van der Waals surface area contributed by atoms with Gasteiger partial charge in [-0.2, -0.15) is 5.10 Å². The minimum Gasteiger partial charge on any atom is -0.319 e. The number of hydrogen-bond acceptors (Lipinski definition) is 4. The fourth-order valence-corrected chi connectivity index (χ4v) is 1.63. The fourth-order valence-electron chi connectivity index (χ4n) is 1.63. The molecule has 0 bridgehead atoms. The van der Waals surface area contributed by atoms with Crippen LogP contribution in [0.25, 0.3) is 0 Å². The summed E-state index contributed by atoms with van der Waals surface area (Å²) < 4.78 is 3.30. The van der Waals surface area contributed by atoms with Crippen molar-refractivity contribution in [2.75, 3.05) is 5.32 Å². The van der Waals surface area contributed by atoms with Crippen molar-refractivity contribution >= 4 is 11.6 Å². The summed E-state index contributed by atoms with van der Waals surface area (Å²) in [5, 5.41) is 7.09. The lowest BCUT2D eigenvalue weighted by atomic mass is 10.1. The van der Waals surface area contributed by atoms with Gasteiger partial charge in [0.1, 0.15) is 0 Å². The van der Waals surface area contributed by atoms with Gasteiger partial charge in [0, 0.05) is 37.2 Å². The zero-order valence-corrected chi connectivity index (χ0v) is 11.0. The van der Waals surface area contributed by atoms with E-state index in [9.17, 15) is 4.79 Å². The third kappa shape index (κ3) is 2.42. The zero-order valence-electron chi connectivity index (χ0n) is 11.0. The predicted octanol–water partition coefficient (Wildman–Crippen LogP) is 1.48. The molecule has 6 nitrogen and oxygen atoms in total. The van der Waals surface area contributed by atoms with Crippen LogP contribution in [0.5, 0.6) is 0 Å². The first-order valence-corrected chi connectivity index (χ1v) is 5.73. The highest BCUT2D eigenvalue weighted by atomic mass is 16.1. The Balaban J connectivity index is 2.38. The molecule has 0 amide bonds. The van der Waals surface area contributed by atoms with Gasteiger partial charge in [0.2, 0.25) is 0 Å². The molecule has 2 heterocycles. The standard InChI is InChI=1S/C12H17N5O/c1-12(2,3)17-8-6-13-10(11(17)18)14-9-5-7-16(4)15-9/h5-8H,1-4H3,(H,13,14,15). The second-order valence-electron chi connectivity index (χ2n) is 5.12. The molecular weight excluding hydrogens is 230 g/mol. The normalized spacial score (nSPS) is 11.6. The highest BCUT2D eigenvalue weighted by Crippen LogP contribution is 2.12. The lowest BCUT2D eigenvalue weighted by Crippen LogP contribution is -2.34. The van der Waals surface area contributed by atoms with Crippen LogP contribution in [0.4, 0.5) is 11.6 Å². The van der Waals surface area contributed by atoms with E-state index in [2.05, 4.69) is 15.4 Å². The van der Waals surface area contributed by atoms with Crippen LogP contribution in [0.15, 0.2) is 29.5 Å². The molecule has 0 aromatic carbocycles. The van der Waals surface area contributed by atoms with Crippen molar-refractivity contribution in [1.29, 1.82) is 0 Å². The summed E-state index contributed by atoms with van der Waals surface area (Å²) in [6, 6.07) is 1.79. The smallest absolute Gasteiger partial charge is 0.294 e.